The van der Waals surface area contributed by atoms with Crippen LogP contribution in [0.25, 0.3) is 55.3 Å². The van der Waals surface area contributed by atoms with Gasteiger partial charge >= 0.3 is 0 Å². The molecular weight excluding hydrogens is 603 g/mol. The number of hydrogen-bond donors (Lipinski definition) is 0. The number of benzene rings is 8. The van der Waals surface area contributed by atoms with Gasteiger partial charge in [-0.25, -0.2) is 0 Å². The number of nitrogens with zero attached hydrogens (tertiary/aromatic N) is 1. The normalized spacial score (nSPS) is 12.8. The highest BCUT2D eigenvalue weighted by Crippen LogP contribution is 2.54. The first-order valence-electron chi connectivity index (χ1n) is 17.4. The lowest BCUT2D eigenvalue weighted by Crippen LogP contribution is -2.15. The topological polar surface area (TPSA) is 3.24 Å². The minimum absolute atomic E-state index is 0.0801. The Morgan fingerprint density at radius 1 is 0.360 bits per heavy atom. The van der Waals surface area contributed by atoms with Crippen LogP contribution in [0.2, 0.25) is 0 Å². The van der Waals surface area contributed by atoms with Crippen LogP contribution in [0, 0.1) is 0 Å². The van der Waals surface area contributed by atoms with E-state index in [1.54, 1.807) is 0 Å². The number of anilines is 3. The molecule has 1 aliphatic carbocycles. The molecule has 0 heterocycles. The molecule has 8 aromatic rings. The Balaban J connectivity index is 1.31. The van der Waals surface area contributed by atoms with Gasteiger partial charge in [0, 0.05) is 22.2 Å². The zero-order valence-corrected chi connectivity index (χ0v) is 28.3. The summed E-state index contributed by atoms with van der Waals surface area (Å²) in [6, 6.07) is 68.6. The van der Waals surface area contributed by atoms with Gasteiger partial charge in [0.05, 0.1) is 11.4 Å². The fraction of sp³-hybridized carbons (Fsp3) is 0.0612. The average Bonchev–Trinajstić information content (AvgIpc) is 3.42. The molecule has 9 rings (SSSR count). The number of fused-ring (bicyclic) bond motifs is 4. The van der Waals surface area contributed by atoms with Crippen molar-refractivity contribution in [2.24, 2.45) is 0 Å². The summed E-state index contributed by atoms with van der Waals surface area (Å²) in [7, 11) is 0. The second kappa shape index (κ2) is 12.1. The van der Waals surface area contributed by atoms with Gasteiger partial charge in [0.25, 0.3) is 0 Å². The summed E-state index contributed by atoms with van der Waals surface area (Å²) in [5, 5.41) is 2.48. The Morgan fingerprint density at radius 3 is 1.76 bits per heavy atom. The summed E-state index contributed by atoms with van der Waals surface area (Å²) in [4.78, 5) is 2.47. The second-order valence-corrected chi connectivity index (χ2v) is 13.7. The van der Waals surface area contributed by atoms with Crippen molar-refractivity contribution < 1.29 is 0 Å². The summed E-state index contributed by atoms with van der Waals surface area (Å²) in [5.41, 5.74) is 15.9. The number of para-hydroxylation sites is 2. The van der Waals surface area contributed by atoms with E-state index in [1.165, 1.54) is 66.4 Å². The monoisotopic (exact) mass is 639 g/mol. The predicted octanol–water partition coefficient (Wildman–Crippen LogP) is 13.6. The Labute approximate surface area is 294 Å². The summed E-state index contributed by atoms with van der Waals surface area (Å²) in [6.07, 6.45) is 0. The highest BCUT2D eigenvalue weighted by Gasteiger charge is 2.37. The van der Waals surface area contributed by atoms with Crippen LogP contribution < -0.4 is 4.90 Å². The molecule has 0 amide bonds. The van der Waals surface area contributed by atoms with E-state index in [0.717, 1.165) is 17.1 Å². The molecule has 1 heteroatoms. The first kappa shape index (κ1) is 29.9. The van der Waals surface area contributed by atoms with E-state index in [1.807, 2.05) is 0 Å². The molecule has 0 radical (unpaired) electrons. The maximum absolute atomic E-state index is 2.47. The molecule has 0 fully saturated rings. The standard InChI is InChI=1S/C49H37N/c1-49(2)44-26-11-8-24-43(44)48-42(25-15-27-45(48)49)41-23-10-13-29-47(41)50(39-21-14-20-37(33-39)34-16-4-3-5-17-34)46-28-12-9-22-40(46)38-31-30-35-18-6-7-19-36(35)32-38/h3-33H,1-2H3. The highest BCUT2D eigenvalue weighted by molar-refractivity contribution is 6.00. The molecule has 1 aliphatic rings. The lowest BCUT2D eigenvalue weighted by molar-refractivity contribution is 0.660. The molecule has 50 heavy (non-hydrogen) atoms. The first-order chi connectivity index (χ1) is 24.6. The van der Waals surface area contributed by atoms with Gasteiger partial charge in [0.2, 0.25) is 0 Å². The Kier molecular flexibility index (Phi) is 7.21. The fourth-order valence-electron chi connectivity index (χ4n) is 8.01. The van der Waals surface area contributed by atoms with Crippen molar-refractivity contribution in [2.75, 3.05) is 4.90 Å². The van der Waals surface area contributed by atoms with Gasteiger partial charge < -0.3 is 4.90 Å². The first-order valence-corrected chi connectivity index (χ1v) is 17.4. The minimum Gasteiger partial charge on any atom is -0.309 e. The quantitative estimate of drug-likeness (QED) is 0.175. The van der Waals surface area contributed by atoms with Crippen LogP contribution >= 0.6 is 0 Å². The van der Waals surface area contributed by atoms with E-state index in [2.05, 4.69) is 207 Å². The molecule has 0 aliphatic heterocycles. The van der Waals surface area contributed by atoms with Crippen LogP contribution in [0.4, 0.5) is 17.1 Å². The fourth-order valence-corrected chi connectivity index (χ4v) is 8.01. The van der Waals surface area contributed by atoms with Gasteiger partial charge in [-0.05, 0) is 85.6 Å². The molecule has 0 saturated carbocycles. The van der Waals surface area contributed by atoms with Gasteiger partial charge in [-0.1, -0.05) is 172 Å². The molecule has 0 bridgehead atoms. The van der Waals surface area contributed by atoms with Crippen molar-refractivity contribution in [2.45, 2.75) is 19.3 Å². The van der Waals surface area contributed by atoms with E-state index in [4.69, 9.17) is 0 Å². The van der Waals surface area contributed by atoms with Crippen LogP contribution in [0.15, 0.2) is 188 Å². The zero-order chi connectivity index (χ0) is 33.7. The average molecular weight is 640 g/mol. The highest BCUT2D eigenvalue weighted by atomic mass is 15.1. The maximum Gasteiger partial charge on any atom is 0.0540 e. The zero-order valence-electron chi connectivity index (χ0n) is 28.3. The molecular formula is C49H37N. The van der Waals surface area contributed by atoms with Gasteiger partial charge in [-0.2, -0.15) is 0 Å². The van der Waals surface area contributed by atoms with Crippen LogP contribution in [0.5, 0.6) is 0 Å². The van der Waals surface area contributed by atoms with Crippen molar-refractivity contribution in [3.05, 3.63) is 199 Å². The number of hydrogen-bond acceptors (Lipinski definition) is 1. The molecule has 0 saturated heterocycles. The minimum atomic E-state index is -0.0801. The summed E-state index contributed by atoms with van der Waals surface area (Å²) in [5.74, 6) is 0. The Hall–Kier alpha value is -6.18. The van der Waals surface area contributed by atoms with Gasteiger partial charge in [-0.15, -0.1) is 0 Å². The van der Waals surface area contributed by atoms with E-state index >= 15 is 0 Å². The van der Waals surface area contributed by atoms with Crippen molar-refractivity contribution in [1.82, 2.24) is 0 Å². The molecule has 0 unspecified atom stereocenters. The third-order valence-electron chi connectivity index (χ3n) is 10.5. The summed E-state index contributed by atoms with van der Waals surface area (Å²) >= 11 is 0. The van der Waals surface area contributed by atoms with E-state index < -0.39 is 0 Å². The van der Waals surface area contributed by atoms with Gasteiger partial charge in [-0.3, -0.25) is 0 Å². The summed E-state index contributed by atoms with van der Waals surface area (Å²) in [6.45, 7) is 4.71. The van der Waals surface area contributed by atoms with Crippen molar-refractivity contribution in [1.29, 1.82) is 0 Å². The van der Waals surface area contributed by atoms with Gasteiger partial charge in [0.15, 0.2) is 0 Å². The third kappa shape index (κ3) is 4.94. The molecule has 0 atom stereocenters. The third-order valence-corrected chi connectivity index (χ3v) is 10.5. The lowest BCUT2D eigenvalue weighted by atomic mass is 9.82. The van der Waals surface area contributed by atoms with Crippen molar-refractivity contribution in [3.8, 4) is 44.5 Å². The van der Waals surface area contributed by atoms with Crippen LogP contribution in [0.3, 0.4) is 0 Å². The Morgan fingerprint density at radius 2 is 0.940 bits per heavy atom. The van der Waals surface area contributed by atoms with E-state index in [0.29, 0.717) is 0 Å². The van der Waals surface area contributed by atoms with Crippen LogP contribution in [-0.4, -0.2) is 0 Å². The SMILES string of the molecule is CC1(C)c2ccccc2-c2c(-c3ccccc3N(c3cccc(-c4ccccc4)c3)c3ccccc3-c3ccc4ccccc4c3)cccc21. The molecule has 0 spiro atoms. The molecule has 1 nitrogen and oxygen atoms in total. The second-order valence-electron chi connectivity index (χ2n) is 13.7. The molecule has 238 valence electrons. The maximum atomic E-state index is 2.47. The number of rotatable bonds is 6. The van der Waals surface area contributed by atoms with Crippen molar-refractivity contribution in [3.63, 3.8) is 0 Å². The summed E-state index contributed by atoms with van der Waals surface area (Å²) < 4.78 is 0. The molecule has 0 N–H and O–H groups in total. The molecule has 8 aromatic carbocycles. The van der Waals surface area contributed by atoms with E-state index in [9.17, 15) is 0 Å². The molecule has 0 aromatic heterocycles. The lowest BCUT2D eigenvalue weighted by Gasteiger charge is -2.31. The largest absolute Gasteiger partial charge is 0.309 e. The Bertz CT molecular complexity index is 2520. The van der Waals surface area contributed by atoms with Crippen LogP contribution in [-0.2, 0) is 5.41 Å². The van der Waals surface area contributed by atoms with E-state index in [-0.39, 0.29) is 5.41 Å². The van der Waals surface area contributed by atoms with Gasteiger partial charge in [0.1, 0.15) is 0 Å². The predicted molar refractivity (Wildman–Crippen MR) is 213 cm³/mol. The van der Waals surface area contributed by atoms with Crippen molar-refractivity contribution >= 4 is 27.8 Å². The van der Waals surface area contributed by atoms with Crippen LogP contribution in [0.1, 0.15) is 25.0 Å². The smallest absolute Gasteiger partial charge is 0.0540 e.